The van der Waals surface area contributed by atoms with Gasteiger partial charge in [0.05, 0.1) is 25.8 Å². The van der Waals surface area contributed by atoms with Crippen molar-refractivity contribution in [2.75, 3.05) is 25.0 Å². The van der Waals surface area contributed by atoms with E-state index in [0.717, 1.165) is 53.5 Å². The summed E-state index contributed by atoms with van der Waals surface area (Å²) in [5, 5.41) is 0.847. The summed E-state index contributed by atoms with van der Waals surface area (Å²) < 4.78 is 254. The van der Waals surface area contributed by atoms with Crippen LogP contribution in [0.1, 0.15) is 79.4 Å². The van der Waals surface area contributed by atoms with E-state index in [4.69, 9.17) is 11.6 Å². The highest BCUT2D eigenvalue weighted by atomic mass is 35.5. The molecule has 5 aromatic heterocycles. The number of sulfone groups is 4. The maximum Gasteiger partial charge on any atom is 0.416 e. The lowest BCUT2D eigenvalue weighted by Gasteiger charge is -2.12. The van der Waals surface area contributed by atoms with Gasteiger partial charge in [-0.1, -0.05) is 108 Å². The van der Waals surface area contributed by atoms with Gasteiger partial charge in [-0.3, -0.25) is 17.6 Å². The molecule has 0 fully saturated rings. The fraction of sp³-hybridized carbons (Fsp3) is 0.205. The van der Waals surface area contributed by atoms with Gasteiger partial charge in [0.25, 0.3) is 5.92 Å². The summed E-state index contributed by atoms with van der Waals surface area (Å²) >= 11 is 5.73. The summed E-state index contributed by atoms with van der Waals surface area (Å²) in [5.74, 6) is 6.80. The van der Waals surface area contributed by atoms with Gasteiger partial charge in [0.1, 0.15) is 17.3 Å². The molecule has 12 aromatic rings. The van der Waals surface area contributed by atoms with Crippen molar-refractivity contribution >= 4 is 97.1 Å². The van der Waals surface area contributed by atoms with Gasteiger partial charge >= 0.3 is 12.4 Å². The minimum absolute atomic E-state index is 0.00612. The largest absolute Gasteiger partial charge is 0.416 e. The lowest BCUT2D eigenvalue weighted by molar-refractivity contribution is -0.139. The monoisotopic (exact) mass is 1840 g/mol. The highest BCUT2D eigenvalue weighted by Gasteiger charge is 2.34. The molecule has 3 unspecified atom stereocenters. The molecule has 0 spiro atoms. The van der Waals surface area contributed by atoms with Crippen LogP contribution in [0.2, 0.25) is 5.02 Å². The molecule has 0 aliphatic carbocycles. The summed E-state index contributed by atoms with van der Waals surface area (Å²) in [4.78, 5) is 21.0. The van der Waals surface area contributed by atoms with Crippen LogP contribution in [0, 0.1) is 80.9 Å². The van der Waals surface area contributed by atoms with Crippen LogP contribution in [-0.4, -0.2) is 114 Å². The number of rotatable bonds is 11. The van der Waals surface area contributed by atoms with E-state index in [1.54, 1.807) is 150 Å². The van der Waals surface area contributed by atoms with E-state index in [-0.39, 0.29) is 62.3 Å². The Kier molecular flexibility index (Phi) is 37.7. The number of hydrogen-bond acceptors (Lipinski definition) is 16. The summed E-state index contributed by atoms with van der Waals surface area (Å²) in [6, 6.07) is 55.6. The van der Waals surface area contributed by atoms with Gasteiger partial charge in [-0.05, 0) is 293 Å². The van der Waals surface area contributed by atoms with Gasteiger partial charge in [-0.25, -0.2) is 62.4 Å². The zero-order valence-electron chi connectivity index (χ0n) is 69.0. The lowest BCUT2D eigenvalue weighted by atomic mass is 10.1. The summed E-state index contributed by atoms with van der Waals surface area (Å²) in [5.41, 5.74) is 4.99. The Balaban J connectivity index is 0.000000290. The number of aromatic nitrogens is 5. The van der Waals surface area contributed by atoms with Gasteiger partial charge in [-0.15, -0.1) is 0 Å². The Hall–Kier alpha value is -10.3. The molecule has 122 heavy (non-hydrogen) atoms. The summed E-state index contributed by atoms with van der Waals surface area (Å²) in [7, 11) is -20.7. The molecule has 0 saturated carbocycles. The molecule has 0 amide bonds. The van der Waals surface area contributed by atoms with Crippen molar-refractivity contribution in [1.82, 2.24) is 24.9 Å². The molecule has 12 rings (SSSR count). The summed E-state index contributed by atoms with van der Waals surface area (Å²) in [6.07, 6.45) is 4.32. The molecule has 7 aromatic carbocycles. The molecule has 0 N–H and O–H groups in total. The van der Waals surface area contributed by atoms with Gasteiger partial charge < -0.3 is 0 Å². The number of benzene rings is 7. The van der Waals surface area contributed by atoms with Crippen LogP contribution >= 0.6 is 11.6 Å². The number of halogens is 11. The van der Waals surface area contributed by atoms with E-state index >= 15 is 0 Å². The molecule has 0 aliphatic heterocycles. The maximum absolute atomic E-state index is 13.0. The zero-order chi connectivity index (χ0) is 92.5. The van der Waals surface area contributed by atoms with Crippen LogP contribution in [0.4, 0.5) is 43.9 Å². The first-order chi connectivity index (χ1) is 56.1. The fourth-order valence-electron chi connectivity index (χ4n) is 9.71. The molecule has 0 saturated heterocycles. The standard InChI is InChI=1S/C12H10ClNO2S.C12H10FNO2S.C12H11NO2S.C10H11F3OS.C9H9F3.C9H11FOS.C9H12OS.C8H9F2N.C7H9NO2S/c2*1-9-3-2-8-14-12(9)17(15,16)11-6-4-10(13)5-7-11;1-10-6-5-9-13-12(10)16(14,15)11-7-3-2-4-8-11;1-7-4-5-8(15(2,3)14)6-9(7)10(11,12)13;1-6-3-4-7(2)8(5-6)9(10,11)12;1-7-4-5-8(6-9(7)10)12(2,3)11;1-8-4-6-9(7-5-8)11(2,3)10;1-6-3-4-7(11-5-6)8(2,9)10;1-6-3-4-7(8-5-6)11(2,9)10/h2*2-8H,1H3;2-9H,1H3;4-6H,2H2,1,3H3;3-5H,1-2H3;4-6H,2H2,1,3H3;4-7H,2H2,1,3H3;2*3-5H,1-2H3. The van der Waals surface area contributed by atoms with E-state index in [2.05, 4.69) is 42.5 Å². The normalized spacial score (nSPS) is 12.8. The van der Waals surface area contributed by atoms with Gasteiger partial charge in [0, 0.05) is 82.6 Å². The lowest BCUT2D eigenvalue weighted by Crippen LogP contribution is -2.09. The highest BCUT2D eigenvalue weighted by molar-refractivity contribution is 8.00. The first-order valence-corrected chi connectivity index (χ1v) is 48.8. The Bertz CT molecular complexity index is 6190. The minimum atomic E-state index is -4.41. The molecule has 0 aliphatic rings. The average molecular weight is 1850 g/mol. The van der Waals surface area contributed by atoms with Gasteiger partial charge in [0.15, 0.2) is 29.9 Å². The molecule has 0 radical (unpaired) electrons. The first kappa shape index (κ1) is 104. The molecular weight excluding hydrogens is 1750 g/mol. The minimum Gasteiger partial charge on any atom is -0.263 e. The third kappa shape index (κ3) is 33.2. The van der Waals surface area contributed by atoms with E-state index in [0.29, 0.717) is 37.7 Å². The van der Waals surface area contributed by atoms with Crippen molar-refractivity contribution in [3.63, 3.8) is 0 Å². The van der Waals surface area contributed by atoms with Crippen molar-refractivity contribution < 1.29 is 90.2 Å². The number of aryl methyl sites for hydroxylation is 10. The number of pyridine rings is 5. The van der Waals surface area contributed by atoms with E-state index in [1.807, 2.05) is 45.0 Å². The first-order valence-electron chi connectivity index (χ1n) is 35.7. The Morgan fingerprint density at radius 1 is 0.320 bits per heavy atom. The predicted octanol–water partition coefficient (Wildman–Crippen LogP) is 20.3. The maximum atomic E-state index is 13.0. The Morgan fingerprint density at radius 3 is 1.00 bits per heavy atom. The molecule has 5 heterocycles. The molecule has 654 valence electrons. The van der Waals surface area contributed by atoms with Crippen molar-refractivity contribution in [3.05, 3.63) is 338 Å². The second kappa shape index (κ2) is 44.2. The smallest absolute Gasteiger partial charge is 0.263 e. The molecule has 3 atom stereocenters. The number of nitrogens with zero attached hydrogens (tertiary/aromatic N) is 5. The van der Waals surface area contributed by atoms with Crippen LogP contribution < -0.4 is 0 Å². The average Bonchev–Trinajstić information content (AvgIpc) is 0.804. The van der Waals surface area contributed by atoms with Crippen molar-refractivity contribution in [1.29, 1.82) is 0 Å². The molecular formula is C88H92ClF10N5O11S7. The van der Waals surface area contributed by atoms with E-state index < -0.39 is 103 Å². The van der Waals surface area contributed by atoms with Crippen molar-refractivity contribution in [2.45, 2.75) is 144 Å². The number of hydrogen-bond donors (Lipinski definition) is 0. The van der Waals surface area contributed by atoms with Crippen LogP contribution in [0.3, 0.4) is 0 Å². The fourth-order valence-corrected chi connectivity index (χ4v) is 16.8. The van der Waals surface area contributed by atoms with Crippen LogP contribution in [0.25, 0.3) is 0 Å². The van der Waals surface area contributed by atoms with Crippen molar-refractivity contribution in [2.24, 2.45) is 0 Å². The second-order valence-corrected chi connectivity index (χ2v) is 43.1. The van der Waals surface area contributed by atoms with Crippen LogP contribution in [0.15, 0.2) is 299 Å². The van der Waals surface area contributed by atoms with Crippen LogP contribution in [-0.2, 0) is 86.2 Å². The van der Waals surface area contributed by atoms with Gasteiger partial charge in [-0.2, -0.15) is 35.1 Å². The molecule has 34 heteroatoms. The van der Waals surface area contributed by atoms with Crippen molar-refractivity contribution in [3.8, 4) is 0 Å². The summed E-state index contributed by atoms with van der Waals surface area (Å²) in [6.45, 7) is 17.8. The van der Waals surface area contributed by atoms with E-state index in [9.17, 15) is 90.2 Å². The third-order valence-corrected chi connectivity index (χ3v) is 27.0. The predicted molar refractivity (Wildman–Crippen MR) is 466 cm³/mol. The van der Waals surface area contributed by atoms with Crippen LogP contribution in [0.5, 0.6) is 0 Å². The molecule has 0 bridgehead atoms. The topological polar surface area (TPSA) is 252 Å². The third-order valence-electron chi connectivity index (χ3n) is 16.4. The SMILES string of the molecule is C=S(C)(=O)c1ccc(C)c(C(F)(F)F)c1.C=S(C)(=O)c1ccc(C)c(F)c1.C=S(C)(=O)c1ccc(C)cc1.Cc1ccc(C(C)(F)F)nc1.Cc1ccc(C)c(C(F)(F)F)c1.Cc1ccc(S(C)(=O)=O)nc1.Cc1cccnc1S(=O)(=O)c1ccc(Cl)cc1.Cc1cccnc1S(=O)(=O)c1ccc(F)cc1.Cc1cccnc1S(=O)(=O)c1ccccc1. The molecule has 16 nitrogen and oxygen atoms in total. The highest BCUT2D eigenvalue weighted by Crippen LogP contribution is 2.35. The van der Waals surface area contributed by atoms with Gasteiger partial charge in [0.2, 0.25) is 29.5 Å². The Morgan fingerprint density at radius 2 is 0.656 bits per heavy atom. The second-order valence-electron chi connectivity index (χ2n) is 27.7. The number of alkyl halides is 8. The Labute approximate surface area is 714 Å². The quantitative estimate of drug-likeness (QED) is 0.0663. The van der Waals surface area contributed by atoms with E-state index in [1.165, 1.54) is 124 Å². The zero-order valence-corrected chi connectivity index (χ0v) is 75.5.